The van der Waals surface area contributed by atoms with Crippen LogP contribution in [0, 0.1) is 5.92 Å². The van der Waals surface area contributed by atoms with E-state index in [9.17, 15) is 14.4 Å². The number of urea groups is 1. The summed E-state index contributed by atoms with van der Waals surface area (Å²) in [6.07, 6.45) is 3.90. The third-order valence-corrected chi connectivity index (χ3v) is 6.81. The molecule has 2 heterocycles. The van der Waals surface area contributed by atoms with Gasteiger partial charge in [0, 0.05) is 50.4 Å². The first-order valence-electron chi connectivity index (χ1n) is 11.5. The first-order valence-corrected chi connectivity index (χ1v) is 11.5. The number of nitrogens with one attached hydrogen (secondary N) is 1. The van der Waals surface area contributed by atoms with Crippen LogP contribution in [0.25, 0.3) is 0 Å². The Morgan fingerprint density at radius 3 is 2.31 bits per heavy atom. The fourth-order valence-corrected chi connectivity index (χ4v) is 4.73. The van der Waals surface area contributed by atoms with Gasteiger partial charge in [-0.1, -0.05) is 30.3 Å². The number of esters is 1. The molecule has 8 nitrogen and oxygen atoms in total. The molecule has 4 aliphatic rings. The summed E-state index contributed by atoms with van der Waals surface area (Å²) < 4.78 is 5.18. The minimum absolute atomic E-state index is 0.124. The van der Waals surface area contributed by atoms with Crippen LogP contribution in [0.1, 0.15) is 37.3 Å². The molecule has 2 aliphatic heterocycles. The summed E-state index contributed by atoms with van der Waals surface area (Å²) in [5.74, 6) is 0.0937. The molecule has 2 aliphatic carbocycles. The number of ether oxygens (including phenoxy) is 1. The highest BCUT2D eigenvalue weighted by atomic mass is 16.5. The van der Waals surface area contributed by atoms with Crippen molar-refractivity contribution in [2.45, 2.75) is 37.8 Å². The van der Waals surface area contributed by atoms with E-state index in [1.54, 1.807) is 4.90 Å². The van der Waals surface area contributed by atoms with Gasteiger partial charge in [0.05, 0.1) is 18.7 Å². The number of hydrogen-bond acceptors (Lipinski definition) is 5. The van der Waals surface area contributed by atoms with Crippen molar-refractivity contribution in [3.8, 4) is 0 Å². The molecular weight excluding hydrogens is 408 g/mol. The number of benzene rings is 1. The number of piperazine rings is 1. The van der Waals surface area contributed by atoms with Crippen molar-refractivity contribution >= 4 is 17.9 Å². The van der Waals surface area contributed by atoms with Gasteiger partial charge in [-0.05, 0) is 31.2 Å². The molecule has 170 valence electrons. The Morgan fingerprint density at radius 1 is 1.03 bits per heavy atom. The van der Waals surface area contributed by atoms with Gasteiger partial charge in [0.2, 0.25) is 5.91 Å². The molecule has 1 atom stereocenters. The molecule has 0 unspecified atom stereocenters. The lowest BCUT2D eigenvalue weighted by atomic mass is 9.94. The van der Waals surface area contributed by atoms with Crippen LogP contribution >= 0.6 is 0 Å². The Labute approximate surface area is 188 Å². The van der Waals surface area contributed by atoms with Crippen molar-refractivity contribution in [2.75, 3.05) is 39.8 Å². The van der Waals surface area contributed by atoms with Crippen molar-refractivity contribution in [2.24, 2.45) is 5.92 Å². The molecule has 3 amide bonds. The van der Waals surface area contributed by atoms with Crippen LogP contribution in [-0.2, 0) is 14.3 Å². The third kappa shape index (κ3) is 4.11. The van der Waals surface area contributed by atoms with Crippen LogP contribution in [0.2, 0.25) is 0 Å². The van der Waals surface area contributed by atoms with Crippen LogP contribution in [0.4, 0.5) is 4.79 Å². The van der Waals surface area contributed by atoms with Gasteiger partial charge < -0.3 is 15.0 Å². The van der Waals surface area contributed by atoms with Crippen LogP contribution in [0.3, 0.4) is 0 Å². The molecule has 8 heteroatoms. The van der Waals surface area contributed by atoms with Gasteiger partial charge in [0.15, 0.2) is 0 Å². The second-order valence-electron chi connectivity index (χ2n) is 9.12. The molecule has 0 bridgehead atoms. The molecule has 2 saturated carbocycles. The van der Waals surface area contributed by atoms with Gasteiger partial charge in [-0.15, -0.1) is 0 Å². The molecule has 1 aromatic rings. The van der Waals surface area contributed by atoms with E-state index in [0.29, 0.717) is 25.2 Å². The zero-order valence-electron chi connectivity index (χ0n) is 18.5. The Hall–Kier alpha value is -2.87. The lowest BCUT2D eigenvalue weighted by molar-refractivity contribution is -0.136. The van der Waals surface area contributed by atoms with Crippen molar-refractivity contribution in [1.29, 1.82) is 0 Å². The molecule has 0 aromatic heterocycles. The predicted molar refractivity (Wildman–Crippen MR) is 117 cm³/mol. The highest BCUT2D eigenvalue weighted by molar-refractivity contribution is 5.95. The van der Waals surface area contributed by atoms with E-state index in [0.717, 1.165) is 50.0 Å². The highest BCUT2D eigenvalue weighted by Gasteiger charge is 2.44. The average molecular weight is 439 g/mol. The number of carbonyl (C=O) groups excluding carboxylic acids is 3. The van der Waals surface area contributed by atoms with E-state index in [-0.39, 0.29) is 23.9 Å². The summed E-state index contributed by atoms with van der Waals surface area (Å²) in [5, 5.41) is 3.03. The average Bonchev–Trinajstić information content (AvgIpc) is 3.72. The van der Waals surface area contributed by atoms with Crippen molar-refractivity contribution in [1.82, 2.24) is 20.0 Å². The lowest BCUT2D eigenvalue weighted by Gasteiger charge is -2.41. The topological polar surface area (TPSA) is 82.2 Å². The summed E-state index contributed by atoms with van der Waals surface area (Å²) in [7, 11) is 1.38. The van der Waals surface area contributed by atoms with Crippen LogP contribution < -0.4 is 5.32 Å². The Balaban J connectivity index is 1.43. The van der Waals surface area contributed by atoms with Gasteiger partial charge in [0.25, 0.3) is 0 Å². The first kappa shape index (κ1) is 21.0. The molecular formula is C24H30N4O4. The van der Waals surface area contributed by atoms with Gasteiger partial charge in [-0.2, -0.15) is 0 Å². The minimum atomic E-state index is -0.543. The lowest BCUT2D eigenvalue weighted by Crippen LogP contribution is -2.54. The predicted octanol–water partition coefficient (Wildman–Crippen LogP) is 1.90. The standard InChI is InChI=1S/C24H30N4O4/c1-32-23(30)20-19(15-26-11-13-27(14-12-26)22(29)17-7-8-17)28(18-9-10-18)24(31)25-21(20)16-5-3-2-4-6-16/h2-6,17-18,21H,7-15H2,1H3,(H,25,31)/t21-/m0/s1. The summed E-state index contributed by atoms with van der Waals surface area (Å²) in [6.45, 7) is 3.32. The van der Waals surface area contributed by atoms with Crippen molar-refractivity contribution in [3.05, 3.63) is 47.2 Å². The van der Waals surface area contributed by atoms with Crippen LogP contribution in [0.15, 0.2) is 41.6 Å². The van der Waals surface area contributed by atoms with E-state index < -0.39 is 12.0 Å². The quantitative estimate of drug-likeness (QED) is 0.686. The van der Waals surface area contributed by atoms with Crippen molar-refractivity contribution < 1.29 is 19.1 Å². The zero-order valence-corrected chi connectivity index (χ0v) is 18.5. The fourth-order valence-electron chi connectivity index (χ4n) is 4.73. The van der Waals surface area contributed by atoms with Crippen molar-refractivity contribution in [3.63, 3.8) is 0 Å². The van der Waals surface area contributed by atoms with Crippen LogP contribution in [-0.4, -0.2) is 78.5 Å². The molecule has 32 heavy (non-hydrogen) atoms. The van der Waals surface area contributed by atoms with E-state index in [2.05, 4.69) is 10.2 Å². The maximum absolute atomic E-state index is 13.1. The van der Waals surface area contributed by atoms with E-state index in [1.165, 1.54) is 7.11 Å². The molecule has 3 fully saturated rings. The number of hydrogen-bond donors (Lipinski definition) is 1. The first-order chi connectivity index (χ1) is 15.6. The van der Waals surface area contributed by atoms with Gasteiger partial charge >= 0.3 is 12.0 Å². The maximum atomic E-state index is 13.1. The van der Waals surface area contributed by atoms with E-state index >= 15 is 0 Å². The van der Waals surface area contributed by atoms with E-state index in [4.69, 9.17) is 4.74 Å². The SMILES string of the molecule is COC(=O)C1=C(CN2CCN(C(=O)C3CC3)CC2)N(C2CC2)C(=O)N[C@H]1c1ccccc1. The smallest absolute Gasteiger partial charge is 0.338 e. The second kappa shape index (κ2) is 8.58. The van der Waals surface area contributed by atoms with Crippen LogP contribution in [0.5, 0.6) is 0 Å². The monoisotopic (exact) mass is 438 g/mol. The normalized spacial score (nSPS) is 24.4. The summed E-state index contributed by atoms with van der Waals surface area (Å²) in [5.41, 5.74) is 2.09. The molecule has 1 N–H and O–H groups in total. The second-order valence-corrected chi connectivity index (χ2v) is 9.12. The minimum Gasteiger partial charge on any atom is -0.466 e. The molecule has 0 radical (unpaired) electrons. The van der Waals surface area contributed by atoms with Gasteiger partial charge in [0.1, 0.15) is 0 Å². The zero-order chi connectivity index (χ0) is 22.2. The van der Waals surface area contributed by atoms with Gasteiger partial charge in [-0.3, -0.25) is 14.6 Å². The Bertz CT molecular complexity index is 931. The molecule has 1 saturated heterocycles. The highest BCUT2D eigenvalue weighted by Crippen LogP contribution is 2.38. The Morgan fingerprint density at radius 2 is 1.72 bits per heavy atom. The van der Waals surface area contributed by atoms with E-state index in [1.807, 2.05) is 35.2 Å². The van der Waals surface area contributed by atoms with Gasteiger partial charge in [-0.25, -0.2) is 9.59 Å². The third-order valence-electron chi connectivity index (χ3n) is 6.81. The molecule has 1 aromatic carbocycles. The number of methoxy groups -OCH3 is 1. The number of carbonyl (C=O) groups is 3. The molecule has 5 rings (SSSR count). The Kier molecular flexibility index (Phi) is 5.63. The molecule has 0 spiro atoms. The largest absolute Gasteiger partial charge is 0.466 e. The number of nitrogens with zero attached hydrogens (tertiary/aromatic N) is 3. The number of rotatable bonds is 6. The maximum Gasteiger partial charge on any atom is 0.338 e. The number of amides is 3. The summed E-state index contributed by atoms with van der Waals surface area (Å²) in [4.78, 5) is 44.5. The summed E-state index contributed by atoms with van der Waals surface area (Å²) in [6, 6.07) is 8.97. The fraction of sp³-hybridized carbons (Fsp3) is 0.542. The summed E-state index contributed by atoms with van der Waals surface area (Å²) >= 11 is 0.